The van der Waals surface area contributed by atoms with Crippen molar-refractivity contribution in [3.63, 3.8) is 0 Å². The average molecular weight is 1080 g/mol. The Hall–Kier alpha value is -2.28. The molecule has 0 aliphatic carbocycles. The summed E-state index contributed by atoms with van der Waals surface area (Å²) in [6.45, 7) is 2.52. The number of esters is 2. The van der Waals surface area contributed by atoms with Crippen LogP contribution >= 0.6 is 0 Å². The molecule has 11 unspecified atom stereocenters. The minimum Gasteiger partial charge on any atom is -0.462 e. The first-order chi connectivity index (χ1) is 37.0. The molecule has 7 N–H and O–H groups in total. The Labute approximate surface area is 459 Å². The third-order valence-corrected chi connectivity index (χ3v) is 14.6. The number of hydrogen-bond donors (Lipinski definition) is 7. The van der Waals surface area contributed by atoms with Gasteiger partial charge < -0.3 is 64.2 Å². The maximum Gasteiger partial charge on any atom is 0.306 e. The summed E-state index contributed by atoms with van der Waals surface area (Å²) in [5, 5.41) is 72.3. The number of allylic oxidation sites excluding steroid dienone is 6. The van der Waals surface area contributed by atoms with Gasteiger partial charge in [-0.1, -0.05) is 224 Å². The van der Waals surface area contributed by atoms with Crippen LogP contribution in [0.25, 0.3) is 0 Å². The van der Waals surface area contributed by atoms with Crippen molar-refractivity contribution in [3.05, 3.63) is 36.5 Å². The van der Waals surface area contributed by atoms with E-state index in [1.54, 1.807) is 0 Å². The largest absolute Gasteiger partial charge is 0.462 e. The van der Waals surface area contributed by atoms with Gasteiger partial charge in [0.2, 0.25) is 0 Å². The molecule has 0 aromatic carbocycles. The average Bonchev–Trinajstić information content (AvgIpc) is 3.41. The predicted molar refractivity (Wildman–Crippen MR) is 298 cm³/mol. The molecule has 15 heteroatoms. The van der Waals surface area contributed by atoms with Crippen molar-refractivity contribution in [1.82, 2.24) is 0 Å². The van der Waals surface area contributed by atoms with E-state index < -0.39 is 92.7 Å². The summed E-state index contributed by atoms with van der Waals surface area (Å²) in [6, 6.07) is 0. The Balaban J connectivity index is 1.71. The highest BCUT2D eigenvalue weighted by molar-refractivity contribution is 5.70. The lowest BCUT2D eigenvalue weighted by Crippen LogP contribution is -2.61. The second-order valence-electron chi connectivity index (χ2n) is 21.5. The Bertz CT molecular complexity index is 1460. The number of carbonyl (C=O) groups is 2. The molecule has 11 atom stereocenters. The molecule has 0 radical (unpaired) electrons. The summed E-state index contributed by atoms with van der Waals surface area (Å²) >= 11 is 0. The van der Waals surface area contributed by atoms with Gasteiger partial charge in [0.1, 0.15) is 55.4 Å². The zero-order chi connectivity index (χ0) is 55.3. The minimum absolute atomic E-state index is 0.156. The number of aliphatic hydroxyl groups is 7. The first kappa shape index (κ1) is 69.8. The molecule has 2 rings (SSSR count). The summed E-state index contributed by atoms with van der Waals surface area (Å²) in [5.41, 5.74) is 0. The number of carbonyl (C=O) groups excluding carboxylic acids is 2. The summed E-state index contributed by atoms with van der Waals surface area (Å²) in [5.74, 6) is -0.924. The van der Waals surface area contributed by atoms with Gasteiger partial charge in [-0.15, -0.1) is 0 Å². The third kappa shape index (κ3) is 34.0. The van der Waals surface area contributed by atoms with Crippen LogP contribution in [0, 0.1) is 0 Å². The first-order valence-corrected chi connectivity index (χ1v) is 30.6. The normalized spacial score (nSPS) is 24.5. The van der Waals surface area contributed by atoms with Crippen LogP contribution in [0.1, 0.15) is 245 Å². The van der Waals surface area contributed by atoms with E-state index in [9.17, 15) is 45.3 Å². The van der Waals surface area contributed by atoms with Crippen molar-refractivity contribution in [1.29, 1.82) is 0 Å². The molecular formula is C61H110O15. The smallest absolute Gasteiger partial charge is 0.306 e. The Morgan fingerprint density at radius 1 is 0.434 bits per heavy atom. The molecule has 444 valence electrons. The van der Waals surface area contributed by atoms with E-state index in [0.717, 1.165) is 83.5 Å². The highest BCUT2D eigenvalue weighted by atomic mass is 16.7. The molecule has 2 heterocycles. The van der Waals surface area contributed by atoms with Crippen molar-refractivity contribution in [2.75, 3.05) is 26.4 Å². The van der Waals surface area contributed by atoms with Crippen LogP contribution in [0.5, 0.6) is 0 Å². The lowest BCUT2D eigenvalue weighted by molar-refractivity contribution is -0.332. The monoisotopic (exact) mass is 1080 g/mol. The Morgan fingerprint density at radius 3 is 1.30 bits per heavy atom. The predicted octanol–water partition coefficient (Wildman–Crippen LogP) is 10.8. The fourth-order valence-electron chi connectivity index (χ4n) is 9.70. The van der Waals surface area contributed by atoms with Crippen molar-refractivity contribution in [2.45, 2.75) is 313 Å². The van der Waals surface area contributed by atoms with E-state index in [1.807, 2.05) is 0 Å². The molecule has 2 fully saturated rings. The molecule has 15 nitrogen and oxygen atoms in total. The molecular weight excluding hydrogens is 973 g/mol. The van der Waals surface area contributed by atoms with Crippen LogP contribution in [-0.2, 0) is 38.0 Å². The van der Waals surface area contributed by atoms with E-state index in [-0.39, 0.29) is 26.1 Å². The second-order valence-corrected chi connectivity index (χ2v) is 21.5. The molecule has 0 spiro atoms. The highest BCUT2D eigenvalue weighted by Gasteiger charge is 2.47. The topological polar surface area (TPSA) is 231 Å². The van der Waals surface area contributed by atoms with Gasteiger partial charge in [-0.25, -0.2) is 0 Å². The van der Waals surface area contributed by atoms with Crippen LogP contribution in [0.3, 0.4) is 0 Å². The zero-order valence-electron chi connectivity index (χ0n) is 47.5. The zero-order valence-corrected chi connectivity index (χ0v) is 47.5. The van der Waals surface area contributed by atoms with Crippen LogP contribution in [0.2, 0.25) is 0 Å². The van der Waals surface area contributed by atoms with E-state index in [2.05, 4.69) is 50.3 Å². The minimum atomic E-state index is -1.77. The lowest BCUT2D eigenvalue weighted by atomic mass is 9.98. The van der Waals surface area contributed by atoms with Gasteiger partial charge in [0, 0.05) is 12.8 Å². The van der Waals surface area contributed by atoms with Gasteiger partial charge in [0.15, 0.2) is 18.7 Å². The molecule has 2 aliphatic heterocycles. The van der Waals surface area contributed by atoms with Crippen LogP contribution in [-0.4, -0.2) is 142 Å². The Morgan fingerprint density at radius 2 is 0.829 bits per heavy atom. The maximum absolute atomic E-state index is 13.1. The van der Waals surface area contributed by atoms with Gasteiger partial charge in [-0.2, -0.15) is 0 Å². The van der Waals surface area contributed by atoms with Crippen LogP contribution in [0.15, 0.2) is 36.5 Å². The fourth-order valence-corrected chi connectivity index (χ4v) is 9.70. The molecule has 0 aromatic rings. The molecule has 0 saturated carbocycles. The van der Waals surface area contributed by atoms with Gasteiger partial charge in [-0.3, -0.25) is 9.59 Å². The maximum atomic E-state index is 13.1. The van der Waals surface area contributed by atoms with E-state index in [1.165, 1.54) is 122 Å². The number of ether oxygens (including phenoxy) is 6. The standard InChI is InChI=1S/C61H110O15/c1-3-5-7-9-11-13-15-17-19-21-22-23-24-25-26-28-29-31-33-35-37-39-41-43-52(63)71-46-49(74-53(64)44-42-40-38-36-34-32-30-27-20-18-16-14-12-10-8-6-4-2)47-72-60-59(70)57(68)55(66)51(76-60)48-73-61-58(69)56(67)54(65)50(45-62)75-61/h6,8,12,14,18,20,49-51,54-62,65-70H,3-5,7,9-11,13,15-17,19,21-48H2,1-2H3/b8-6-,14-12-,20-18-. The SMILES string of the molecule is CC/C=C\C/C=C\C/C=C\CCCCCCCCCC(=O)OC(COC(=O)CCCCCCCCCCCCCCCCCCCCCCCCC)COC1OC(COC2OC(CO)C(O)C(O)C2O)C(O)C(O)C1O. The van der Waals surface area contributed by atoms with Gasteiger partial charge >= 0.3 is 11.9 Å². The highest BCUT2D eigenvalue weighted by Crippen LogP contribution is 2.27. The number of rotatable bonds is 49. The van der Waals surface area contributed by atoms with Gasteiger partial charge in [-0.05, 0) is 44.9 Å². The van der Waals surface area contributed by atoms with E-state index >= 15 is 0 Å². The van der Waals surface area contributed by atoms with Crippen LogP contribution in [0.4, 0.5) is 0 Å². The summed E-state index contributed by atoms with van der Waals surface area (Å²) in [7, 11) is 0. The van der Waals surface area contributed by atoms with Crippen LogP contribution < -0.4 is 0 Å². The van der Waals surface area contributed by atoms with Crippen molar-refractivity contribution >= 4 is 11.9 Å². The molecule has 0 bridgehead atoms. The molecule has 0 aromatic heterocycles. The quantitative estimate of drug-likeness (QED) is 0.0171. The van der Waals surface area contributed by atoms with E-state index in [4.69, 9.17) is 28.4 Å². The van der Waals surface area contributed by atoms with Crippen molar-refractivity contribution in [2.24, 2.45) is 0 Å². The first-order valence-electron chi connectivity index (χ1n) is 30.6. The number of unbranched alkanes of at least 4 members (excludes halogenated alkanes) is 29. The Kier molecular flexibility index (Phi) is 43.7. The molecule has 0 amide bonds. The summed E-state index contributed by atoms with van der Waals surface area (Å²) < 4.78 is 33.7. The van der Waals surface area contributed by atoms with E-state index in [0.29, 0.717) is 12.8 Å². The summed E-state index contributed by atoms with van der Waals surface area (Å²) in [4.78, 5) is 25.9. The summed E-state index contributed by atoms with van der Waals surface area (Å²) in [6.07, 6.45) is 37.4. The van der Waals surface area contributed by atoms with Gasteiger partial charge in [0.25, 0.3) is 0 Å². The molecule has 2 aliphatic rings. The lowest BCUT2D eigenvalue weighted by Gasteiger charge is -2.42. The molecule has 76 heavy (non-hydrogen) atoms. The molecule has 2 saturated heterocycles. The third-order valence-electron chi connectivity index (χ3n) is 14.6. The van der Waals surface area contributed by atoms with Crippen molar-refractivity contribution < 1.29 is 73.8 Å². The van der Waals surface area contributed by atoms with Crippen molar-refractivity contribution in [3.8, 4) is 0 Å². The number of hydrogen-bond acceptors (Lipinski definition) is 15. The fraction of sp³-hybridized carbons (Fsp3) is 0.869. The van der Waals surface area contributed by atoms with Gasteiger partial charge in [0.05, 0.1) is 19.8 Å². The number of aliphatic hydroxyl groups excluding tert-OH is 7. The second kappa shape index (κ2) is 47.5.